The number of nitrogens with two attached hydrogens (primary N) is 1. The largest absolute Gasteiger partial charge is 0.452 e. The van der Waals surface area contributed by atoms with Crippen molar-refractivity contribution < 1.29 is 17.6 Å². The molecule has 6 nitrogen and oxygen atoms in total. The second-order valence-corrected chi connectivity index (χ2v) is 7.54. The second kappa shape index (κ2) is 7.73. The summed E-state index contributed by atoms with van der Waals surface area (Å²) in [4.78, 5) is 0.0700. The number of sulfonamides is 1. The summed E-state index contributed by atoms with van der Waals surface area (Å²) < 4.78 is 37.8. The van der Waals surface area contributed by atoms with Crippen molar-refractivity contribution in [1.82, 2.24) is 4.72 Å². The van der Waals surface area contributed by atoms with Gasteiger partial charge in [0.2, 0.25) is 10.0 Å². The van der Waals surface area contributed by atoms with Gasteiger partial charge in [-0.3, -0.25) is 0 Å². The molecule has 0 saturated heterocycles. The fraction of sp³-hybridized carbons (Fsp3) is 0.692. The maximum Gasteiger partial charge on any atom is 0.245 e. The third kappa shape index (κ3) is 4.79. The molecule has 120 valence electrons. The average Bonchev–Trinajstić information content (AvgIpc) is 2.87. The van der Waals surface area contributed by atoms with E-state index in [-0.39, 0.29) is 28.8 Å². The smallest absolute Gasteiger partial charge is 0.245 e. The highest BCUT2D eigenvalue weighted by Crippen LogP contribution is 2.25. The molecule has 0 aromatic carbocycles. The van der Waals surface area contributed by atoms with Crippen molar-refractivity contribution in [1.29, 1.82) is 0 Å². The number of nitrogens with one attached hydrogen (secondary N) is 1. The van der Waals surface area contributed by atoms with Gasteiger partial charge in [0.1, 0.15) is 10.7 Å². The monoisotopic (exact) mass is 380 g/mol. The van der Waals surface area contributed by atoms with Crippen molar-refractivity contribution in [3.63, 3.8) is 0 Å². The van der Waals surface area contributed by atoms with E-state index in [1.54, 1.807) is 0 Å². The lowest BCUT2D eigenvalue weighted by Crippen LogP contribution is -2.29. The Morgan fingerprint density at radius 3 is 2.71 bits per heavy atom. The van der Waals surface area contributed by atoms with Crippen LogP contribution in [0, 0.1) is 0 Å². The van der Waals surface area contributed by atoms with Gasteiger partial charge >= 0.3 is 0 Å². The van der Waals surface area contributed by atoms with Crippen LogP contribution in [0.2, 0.25) is 0 Å². The van der Waals surface area contributed by atoms with Crippen molar-refractivity contribution in [2.24, 2.45) is 5.73 Å². The molecule has 3 N–H and O–H groups in total. The molecule has 0 bridgehead atoms. The predicted octanol–water partition coefficient (Wildman–Crippen LogP) is 2.13. The molecule has 1 aliphatic carbocycles. The average molecular weight is 381 g/mol. The van der Waals surface area contributed by atoms with Gasteiger partial charge in [-0.05, 0) is 28.8 Å². The van der Waals surface area contributed by atoms with Crippen LogP contribution in [0.3, 0.4) is 0 Å². The Balaban J connectivity index is 1.82. The summed E-state index contributed by atoms with van der Waals surface area (Å²) in [5.41, 5.74) is 5.43. The lowest BCUT2D eigenvalue weighted by atomic mass is 9.98. The van der Waals surface area contributed by atoms with Gasteiger partial charge in [-0.25, -0.2) is 13.1 Å². The Kier molecular flexibility index (Phi) is 6.24. The van der Waals surface area contributed by atoms with Crippen molar-refractivity contribution >= 4 is 26.0 Å². The number of hydrogen-bond donors (Lipinski definition) is 2. The van der Waals surface area contributed by atoms with Crippen molar-refractivity contribution in [3.8, 4) is 0 Å². The first kappa shape index (κ1) is 17.0. The van der Waals surface area contributed by atoms with E-state index in [9.17, 15) is 8.42 Å². The van der Waals surface area contributed by atoms with Crippen LogP contribution < -0.4 is 10.5 Å². The number of hydrogen-bond acceptors (Lipinski definition) is 5. The maximum atomic E-state index is 12.1. The van der Waals surface area contributed by atoms with Gasteiger partial charge in [0.15, 0.2) is 4.67 Å². The molecule has 0 aliphatic heterocycles. The predicted molar refractivity (Wildman–Crippen MR) is 82.3 cm³/mol. The minimum absolute atomic E-state index is 0.0700. The number of furan rings is 1. The summed E-state index contributed by atoms with van der Waals surface area (Å²) in [6.45, 7) is 0.774. The minimum atomic E-state index is -3.61. The summed E-state index contributed by atoms with van der Waals surface area (Å²) in [5, 5.41) is 0. The zero-order chi connectivity index (χ0) is 15.3. The standard InChI is InChI=1S/C13H21BrN2O4S/c14-13-12(8-11(9-15)20-13)21(17,18)16-6-7-19-10-4-2-1-3-5-10/h8,10,16H,1-7,9,15H2. The van der Waals surface area contributed by atoms with Crippen molar-refractivity contribution in [2.75, 3.05) is 13.2 Å². The molecule has 1 heterocycles. The van der Waals surface area contributed by atoms with E-state index < -0.39 is 10.0 Å². The van der Waals surface area contributed by atoms with Crippen LogP contribution in [-0.2, 0) is 21.3 Å². The first-order valence-electron chi connectivity index (χ1n) is 7.12. The number of ether oxygens (including phenoxy) is 1. The van der Waals surface area contributed by atoms with Crippen LogP contribution in [0.25, 0.3) is 0 Å². The number of rotatable bonds is 7. The minimum Gasteiger partial charge on any atom is -0.452 e. The molecule has 0 atom stereocenters. The van der Waals surface area contributed by atoms with E-state index in [4.69, 9.17) is 14.9 Å². The fourth-order valence-corrected chi connectivity index (χ4v) is 4.40. The first-order chi connectivity index (χ1) is 10.0. The molecule has 21 heavy (non-hydrogen) atoms. The van der Waals surface area contributed by atoms with E-state index >= 15 is 0 Å². The molecule has 0 radical (unpaired) electrons. The van der Waals surface area contributed by atoms with Gasteiger partial charge in [0, 0.05) is 12.6 Å². The van der Waals surface area contributed by atoms with E-state index in [0.717, 1.165) is 12.8 Å². The van der Waals surface area contributed by atoms with Gasteiger partial charge in [-0.2, -0.15) is 0 Å². The Hall–Kier alpha value is -0.410. The van der Waals surface area contributed by atoms with E-state index in [1.165, 1.54) is 25.3 Å². The molecule has 0 amide bonds. The summed E-state index contributed by atoms with van der Waals surface area (Å²) in [6, 6.07) is 1.43. The molecule has 1 aromatic heterocycles. The zero-order valence-corrected chi connectivity index (χ0v) is 14.2. The third-order valence-electron chi connectivity index (χ3n) is 3.50. The summed E-state index contributed by atoms with van der Waals surface area (Å²) >= 11 is 3.09. The van der Waals surface area contributed by atoms with Crippen LogP contribution in [0.4, 0.5) is 0 Å². The molecule has 2 rings (SSSR count). The topological polar surface area (TPSA) is 94.6 Å². The molecule has 0 spiro atoms. The van der Waals surface area contributed by atoms with Crippen molar-refractivity contribution in [3.05, 3.63) is 16.5 Å². The summed E-state index contributed by atoms with van der Waals surface area (Å²) in [7, 11) is -3.61. The van der Waals surface area contributed by atoms with Gasteiger partial charge in [-0.15, -0.1) is 0 Å². The Bertz CT molecular complexity index is 553. The third-order valence-corrected chi connectivity index (χ3v) is 5.82. The summed E-state index contributed by atoms with van der Waals surface area (Å²) in [6.07, 6.45) is 6.07. The van der Waals surface area contributed by atoms with Gasteiger partial charge in [0.05, 0.1) is 19.3 Å². The molecule has 1 aromatic rings. The van der Waals surface area contributed by atoms with E-state index in [0.29, 0.717) is 12.4 Å². The highest BCUT2D eigenvalue weighted by molar-refractivity contribution is 9.10. The molecular weight excluding hydrogens is 360 g/mol. The van der Waals surface area contributed by atoms with Crippen LogP contribution in [-0.4, -0.2) is 27.7 Å². The van der Waals surface area contributed by atoms with Crippen molar-refractivity contribution in [2.45, 2.75) is 49.6 Å². The zero-order valence-electron chi connectivity index (χ0n) is 11.8. The Morgan fingerprint density at radius 1 is 1.38 bits per heavy atom. The van der Waals surface area contributed by atoms with Crippen LogP contribution >= 0.6 is 15.9 Å². The quantitative estimate of drug-likeness (QED) is 0.706. The van der Waals surface area contributed by atoms with E-state index in [1.807, 2.05) is 0 Å². The molecule has 8 heteroatoms. The van der Waals surface area contributed by atoms with Crippen LogP contribution in [0.15, 0.2) is 20.0 Å². The lowest BCUT2D eigenvalue weighted by molar-refractivity contribution is 0.0321. The maximum absolute atomic E-state index is 12.1. The highest BCUT2D eigenvalue weighted by Gasteiger charge is 2.22. The molecule has 1 aliphatic rings. The molecular formula is C13H21BrN2O4S. The van der Waals surface area contributed by atoms with Crippen LogP contribution in [0.1, 0.15) is 37.9 Å². The normalized spacial score (nSPS) is 17.2. The van der Waals surface area contributed by atoms with Gasteiger partial charge in [0.25, 0.3) is 0 Å². The molecule has 0 unspecified atom stereocenters. The van der Waals surface area contributed by atoms with E-state index in [2.05, 4.69) is 20.7 Å². The molecule has 1 saturated carbocycles. The Labute approximate surface area is 133 Å². The Morgan fingerprint density at radius 2 is 2.10 bits per heavy atom. The second-order valence-electron chi connectivity index (χ2n) is 5.08. The number of halogens is 1. The van der Waals surface area contributed by atoms with Gasteiger partial charge in [-0.1, -0.05) is 19.3 Å². The highest BCUT2D eigenvalue weighted by atomic mass is 79.9. The van der Waals surface area contributed by atoms with Gasteiger partial charge < -0.3 is 14.9 Å². The van der Waals surface area contributed by atoms with Crippen LogP contribution in [0.5, 0.6) is 0 Å². The lowest BCUT2D eigenvalue weighted by Gasteiger charge is -2.21. The SMILES string of the molecule is NCc1cc(S(=O)(=O)NCCOC2CCCCC2)c(Br)o1. The summed E-state index contributed by atoms with van der Waals surface area (Å²) in [5.74, 6) is 0.417. The molecule has 1 fully saturated rings. The first-order valence-corrected chi connectivity index (χ1v) is 9.40. The fourth-order valence-electron chi connectivity index (χ4n) is 2.39.